The summed E-state index contributed by atoms with van der Waals surface area (Å²) in [6, 6.07) is 7.03. The van der Waals surface area contributed by atoms with Crippen LogP contribution >= 0.6 is 0 Å². The van der Waals surface area contributed by atoms with Crippen molar-refractivity contribution >= 4 is 23.5 Å². The number of carbonyl (C=O) groups excluding carboxylic acids is 3. The van der Waals surface area contributed by atoms with Gasteiger partial charge in [-0.25, -0.2) is 0 Å². The van der Waals surface area contributed by atoms with Crippen molar-refractivity contribution in [3.8, 4) is 0 Å². The van der Waals surface area contributed by atoms with Gasteiger partial charge in [0.1, 0.15) is 0 Å². The van der Waals surface area contributed by atoms with E-state index in [1.165, 1.54) is 0 Å². The molecule has 0 aliphatic carbocycles. The highest BCUT2D eigenvalue weighted by Crippen LogP contribution is 2.19. The van der Waals surface area contributed by atoms with Gasteiger partial charge >= 0.3 is 5.97 Å². The lowest BCUT2D eigenvalue weighted by Gasteiger charge is -2.30. The Labute approximate surface area is 167 Å². The van der Waals surface area contributed by atoms with Crippen molar-refractivity contribution in [3.05, 3.63) is 29.8 Å². The highest BCUT2D eigenvalue weighted by Gasteiger charge is 2.26. The molecule has 1 saturated heterocycles. The highest BCUT2D eigenvalue weighted by atomic mass is 16.5. The molecule has 1 aliphatic heterocycles. The summed E-state index contributed by atoms with van der Waals surface area (Å²) in [5.41, 5.74) is 1.18. The van der Waals surface area contributed by atoms with E-state index in [2.05, 4.69) is 5.32 Å². The van der Waals surface area contributed by atoms with E-state index in [1.54, 1.807) is 29.2 Å². The van der Waals surface area contributed by atoms with Gasteiger partial charge < -0.3 is 15.0 Å². The van der Waals surface area contributed by atoms with Gasteiger partial charge in [-0.2, -0.15) is 0 Å². The van der Waals surface area contributed by atoms with E-state index in [-0.39, 0.29) is 30.2 Å². The van der Waals surface area contributed by atoms with E-state index >= 15 is 0 Å². The van der Waals surface area contributed by atoms with Crippen molar-refractivity contribution < 1.29 is 19.1 Å². The van der Waals surface area contributed by atoms with E-state index in [0.29, 0.717) is 56.9 Å². The van der Waals surface area contributed by atoms with Gasteiger partial charge in [0, 0.05) is 24.3 Å². The molecule has 28 heavy (non-hydrogen) atoms. The summed E-state index contributed by atoms with van der Waals surface area (Å²) in [7, 11) is 0. The van der Waals surface area contributed by atoms with Gasteiger partial charge in [-0.1, -0.05) is 6.07 Å². The lowest BCUT2D eigenvalue weighted by atomic mass is 9.97. The fourth-order valence-corrected chi connectivity index (χ4v) is 3.41. The summed E-state index contributed by atoms with van der Waals surface area (Å²) >= 11 is 0. The maximum Gasteiger partial charge on any atom is 0.309 e. The Morgan fingerprint density at radius 1 is 1.14 bits per heavy atom. The van der Waals surface area contributed by atoms with Crippen LogP contribution in [0.2, 0.25) is 0 Å². The fourth-order valence-electron chi connectivity index (χ4n) is 3.41. The lowest BCUT2D eigenvalue weighted by Crippen LogP contribution is -2.41. The molecule has 1 aliphatic rings. The summed E-state index contributed by atoms with van der Waals surface area (Å²) in [4.78, 5) is 40.4. The first-order valence-corrected chi connectivity index (χ1v) is 10.1. The molecule has 7 nitrogen and oxygen atoms in total. The molecule has 0 spiro atoms. The van der Waals surface area contributed by atoms with Crippen LogP contribution in [-0.2, 0) is 14.3 Å². The van der Waals surface area contributed by atoms with Gasteiger partial charge in [0.25, 0.3) is 5.91 Å². The van der Waals surface area contributed by atoms with Gasteiger partial charge in [-0.3, -0.25) is 19.3 Å². The molecule has 2 rings (SSSR count). The van der Waals surface area contributed by atoms with Crippen molar-refractivity contribution in [2.24, 2.45) is 5.92 Å². The zero-order valence-electron chi connectivity index (χ0n) is 17.1. The van der Waals surface area contributed by atoms with Crippen molar-refractivity contribution in [1.29, 1.82) is 0 Å². The Kier molecular flexibility index (Phi) is 8.44. The monoisotopic (exact) mass is 389 g/mol. The number of esters is 1. The molecule has 0 unspecified atom stereocenters. The molecule has 0 radical (unpaired) electrons. The van der Waals surface area contributed by atoms with Gasteiger partial charge in [0.15, 0.2) is 0 Å². The topological polar surface area (TPSA) is 79.0 Å². The maximum atomic E-state index is 12.5. The zero-order chi connectivity index (χ0) is 20.5. The minimum absolute atomic E-state index is 0.0397. The Balaban J connectivity index is 1.86. The molecule has 0 bridgehead atoms. The first-order chi connectivity index (χ1) is 13.5. The van der Waals surface area contributed by atoms with E-state index in [9.17, 15) is 14.4 Å². The molecule has 0 aromatic heterocycles. The first kappa shape index (κ1) is 21.9. The maximum absolute atomic E-state index is 12.5. The first-order valence-electron chi connectivity index (χ1n) is 10.1. The molecule has 154 valence electrons. The Hall–Kier alpha value is -2.41. The summed E-state index contributed by atoms with van der Waals surface area (Å²) in [5.74, 6) is -0.368. The standard InChI is InChI=1S/C21H31N3O4/c1-4-24(5-2)20(26)17-8-7-9-18(14-17)22-19(25)15-23-12-10-16(11-13-23)21(27)28-6-3/h7-9,14,16H,4-6,10-13,15H2,1-3H3,(H,22,25). The molecule has 0 atom stereocenters. The number of ether oxygens (including phenoxy) is 1. The number of piperidine rings is 1. The third-order valence-electron chi connectivity index (χ3n) is 5.02. The average Bonchev–Trinajstić information content (AvgIpc) is 2.69. The molecular weight excluding hydrogens is 358 g/mol. The van der Waals surface area contributed by atoms with E-state index in [4.69, 9.17) is 4.74 Å². The summed E-state index contributed by atoms with van der Waals surface area (Å²) in [5, 5.41) is 2.87. The second-order valence-corrected chi connectivity index (χ2v) is 6.91. The molecule has 7 heteroatoms. The van der Waals surface area contributed by atoms with Crippen LogP contribution in [0.5, 0.6) is 0 Å². The van der Waals surface area contributed by atoms with Crippen molar-refractivity contribution in [2.45, 2.75) is 33.6 Å². The van der Waals surface area contributed by atoms with Crippen LogP contribution in [-0.4, -0.2) is 66.9 Å². The quantitative estimate of drug-likeness (QED) is 0.691. The fraction of sp³-hybridized carbons (Fsp3) is 0.571. The number of hydrogen-bond donors (Lipinski definition) is 1. The zero-order valence-corrected chi connectivity index (χ0v) is 17.1. The lowest BCUT2D eigenvalue weighted by molar-refractivity contribution is -0.149. The molecule has 2 amide bonds. The summed E-state index contributed by atoms with van der Waals surface area (Å²) in [6.07, 6.45) is 1.42. The predicted molar refractivity (Wildman–Crippen MR) is 108 cm³/mol. The third-order valence-corrected chi connectivity index (χ3v) is 5.02. The Morgan fingerprint density at radius 2 is 1.82 bits per heavy atom. The summed E-state index contributed by atoms with van der Waals surface area (Å²) in [6.45, 7) is 9.04. The second kappa shape index (κ2) is 10.8. The Morgan fingerprint density at radius 3 is 2.43 bits per heavy atom. The number of benzene rings is 1. The van der Waals surface area contributed by atoms with Crippen LogP contribution in [0.25, 0.3) is 0 Å². The minimum atomic E-state index is -0.138. The smallest absolute Gasteiger partial charge is 0.309 e. The minimum Gasteiger partial charge on any atom is -0.466 e. The molecule has 0 saturated carbocycles. The van der Waals surface area contributed by atoms with Crippen LogP contribution in [0, 0.1) is 5.92 Å². The summed E-state index contributed by atoms with van der Waals surface area (Å²) < 4.78 is 5.07. The molecular formula is C21H31N3O4. The molecule has 1 heterocycles. The van der Waals surface area contributed by atoms with Gasteiger partial charge in [0.2, 0.25) is 5.91 Å². The largest absolute Gasteiger partial charge is 0.466 e. The number of carbonyl (C=O) groups is 3. The molecule has 1 fully saturated rings. The molecule has 1 aromatic rings. The van der Waals surface area contributed by atoms with E-state index in [1.807, 2.05) is 25.7 Å². The van der Waals surface area contributed by atoms with Crippen LogP contribution in [0.15, 0.2) is 24.3 Å². The van der Waals surface area contributed by atoms with E-state index in [0.717, 1.165) is 0 Å². The van der Waals surface area contributed by atoms with Crippen LogP contribution in [0.1, 0.15) is 44.0 Å². The van der Waals surface area contributed by atoms with Crippen molar-refractivity contribution in [2.75, 3.05) is 44.6 Å². The van der Waals surface area contributed by atoms with Crippen molar-refractivity contribution in [3.63, 3.8) is 0 Å². The number of likely N-dealkylation sites (tertiary alicyclic amines) is 1. The molecule has 1 N–H and O–H groups in total. The number of rotatable bonds is 8. The number of nitrogens with zero attached hydrogens (tertiary/aromatic N) is 2. The second-order valence-electron chi connectivity index (χ2n) is 6.91. The van der Waals surface area contributed by atoms with Crippen LogP contribution in [0.4, 0.5) is 5.69 Å². The van der Waals surface area contributed by atoms with Crippen LogP contribution in [0.3, 0.4) is 0 Å². The normalized spacial score (nSPS) is 15.1. The Bertz CT molecular complexity index is 680. The number of nitrogens with one attached hydrogen (secondary N) is 1. The average molecular weight is 389 g/mol. The van der Waals surface area contributed by atoms with Gasteiger partial charge in [-0.15, -0.1) is 0 Å². The third kappa shape index (κ3) is 6.05. The number of anilines is 1. The highest BCUT2D eigenvalue weighted by molar-refractivity contribution is 5.97. The van der Waals surface area contributed by atoms with Gasteiger partial charge in [0.05, 0.1) is 19.1 Å². The molecule has 1 aromatic carbocycles. The predicted octanol–water partition coefficient (Wildman–Crippen LogP) is 2.38. The van der Waals surface area contributed by atoms with E-state index < -0.39 is 0 Å². The van der Waals surface area contributed by atoms with Crippen LogP contribution < -0.4 is 5.32 Å². The van der Waals surface area contributed by atoms with Gasteiger partial charge in [-0.05, 0) is 64.9 Å². The number of amides is 2. The van der Waals surface area contributed by atoms with Crippen molar-refractivity contribution in [1.82, 2.24) is 9.80 Å². The number of hydrogen-bond acceptors (Lipinski definition) is 5. The SMILES string of the molecule is CCOC(=O)C1CCN(CC(=O)Nc2cccc(C(=O)N(CC)CC)c2)CC1.